The summed E-state index contributed by atoms with van der Waals surface area (Å²) in [5.41, 5.74) is 5.98. The highest BCUT2D eigenvalue weighted by Crippen LogP contribution is 2.34. The molecule has 0 spiro atoms. The van der Waals surface area contributed by atoms with Crippen LogP contribution in [-0.2, 0) is 20.8 Å². The highest BCUT2D eigenvalue weighted by atomic mass is 16.7. The number of hydrogen-bond donors (Lipinski definition) is 1. The van der Waals surface area contributed by atoms with Crippen molar-refractivity contribution < 1.29 is 19.2 Å². The second-order valence-electron chi connectivity index (χ2n) is 15.7. The molecule has 2 fully saturated rings. The van der Waals surface area contributed by atoms with Crippen molar-refractivity contribution in [3.63, 3.8) is 0 Å². The molecule has 11 heteroatoms. The van der Waals surface area contributed by atoms with E-state index in [2.05, 4.69) is 85.3 Å². The number of allylic oxidation sites excluding steroid dienone is 5. The predicted molar refractivity (Wildman–Crippen MR) is 239 cm³/mol. The van der Waals surface area contributed by atoms with Gasteiger partial charge < -0.3 is 24.8 Å². The van der Waals surface area contributed by atoms with Gasteiger partial charge in [0.15, 0.2) is 0 Å². The molecular weight excluding hydrogens is 727 g/mol. The lowest BCUT2D eigenvalue weighted by molar-refractivity contribution is -0.130. The highest BCUT2D eigenvalue weighted by molar-refractivity contribution is 5.95. The van der Waals surface area contributed by atoms with E-state index in [4.69, 9.17) is 9.83 Å². The van der Waals surface area contributed by atoms with E-state index in [0.29, 0.717) is 18.5 Å². The Labute approximate surface area is 351 Å². The molecule has 1 saturated carbocycles. The normalized spacial score (nSPS) is 17.3. The molecule has 11 nitrogen and oxygen atoms in total. The largest absolute Gasteiger partial charge is 0.388 e. The minimum absolute atomic E-state index is 0.00921. The van der Waals surface area contributed by atoms with Crippen molar-refractivity contribution in [1.82, 2.24) is 25.1 Å². The Morgan fingerprint density at radius 3 is 2.36 bits per heavy atom. The predicted octanol–water partition coefficient (Wildman–Crippen LogP) is 8.08. The van der Waals surface area contributed by atoms with Gasteiger partial charge in [-0.25, -0.2) is 5.06 Å². The number of aliphatic imine (C=N–C) groups is 1. The first-order valence-corrected chi connectivity index (χ1v) is 21.2. The minimum atomic E-state index is -0.349. The van der Waals surface area contributed by atoms with Gasteiger partial charge in [-0.1, -0.05) is 69.2 Å². The second kappa shape index (κ2) is 26.7. The molecule has 3 rings (SSSR count). The molecule has 58 heavy (non-hydrogen) atoms. The number of nitrogens with one attached hydrogen (secondary N) is 1. The number of rotatable bonds is 20. The molecule has 1 aromatic carbocycles. The van der Waals surface area contributed by atoms with Crippen LogP contribution in [0.25, 0.3) is 0 Å². The fraction of sp³-hybridized carbons (Fsp3) is 0.617. The average molecular weight is 802 g/mol. The molecule has 2 aliphatic rings. The van der Waals surface area contributed by atoms with Gasteiger partial charge in [0.2, 0.25) is 5.91 Å². The van der Waals surface area contributed by atoms with Gasteiger partial charge in [0.25, 0.3) is 5.91 Å². The molecule has 1 N–H and O–H groups in total. The molecule has 0 bridgehead atoms. The van der Waals surface area contributed by atoms with Gasteiger partial charge in [0, 0.05) is 78.7 Å². The van der Waals surface area contributed by atoms with E-state index in [9.17, 15) is 14.9 Å². The van der Waals surface area contributed by atoms with Gasteiger partial charge in [-0.2, -0.15) is 5.26 Å². The Morgan fingerprint density at radius 2 is 1.78 bits per heavy atom. The highest BCUT2D eigenvalue weighted by Gasteiger charge is 2.34. The van der Waals surface area contributed by atoms with Crippen LogP contribution in [0.2, 0.25) is 0 Å². The number of hydrogen-bond acceptors (Lipinski definition) is 8. The summed E-state index contributed by atoms with van der Waals surface area (Å²) >= 11 is 0. The van der Waals surface area contributed by atoms with Gasteiger partial charge in [0.05, 0.1) is 25.8 Å². The molecule has 2 amide bonds. The van der Waals surface area contributed by atoms with Crippen LogP contribution in [0.15, 0.2) is 71.4 Å². The molecule has 1 aromatic rings. The summed E-state index contributed by atoms with van der Waals surface area (Å²) in [6.45, 7) is 16.5. The quantitative estimate of drug-likeness (QED) is 0.0610. The van der Waals surface area contributed by atoms with Crippen molar-refractivity contribution in [2.75, 3.05) is 69.2 Å². The Morgan fingerprint density at radius 1 is 1.09 bits per heavy atom. The van der Waals surface area contributed by atoms with Crippen LogP contribution in [0.5, 0.6) is 0 Å². The van der Waals surface area contributed by atoms with E-state index in [1.165, 1.54) is 6.42 Å². The third-order valence-electron chi connectivity index (χ3n) is 11.3. The molecular formula is C47H75N7O4. The maximum atomic E-state index is 13.3. The number of carbonyl (C=O) groups is 2. The van der Waals surface area contributed by atoms with Crippen LogP contribution in [0.3, 0.4) is 0 Å². The SMILES string of the molecule is C=C(CC=C/C(C)=C/CCc1cc(C(=O)N(C)C)ccc1C(CC(CC)NCC(=O)N1CCCC1C#N)C(=NC)N(OC)C1CCCCC1)C(=C)N(C)CC.COC. The van der Waals surface area contributed by atoms with E-state index in [0.717, 1.165) is 105 Å². The van der Waals surface area contributed by atoms with Gasteiger partial charge in [0.1, 0.15) is 11.9 Å². The Kier molecular flexibility index (Phi) is 23.0. The van der Waals surface area contributed by atoms with E-state index in [1.54, 1.807) is 45.2 Å². The fourth-order valence-electron chi connectivity index (χ4n) is 7.78. The molecule has 3 unspecified atom stereocenters. The van der Waals surface area contributed by atoms with Gasteiger partial charge in [-0.3, -0.25) is 19.4 Å². The monoisotopic (exact) mass is 802 g/mol. The summed E-state index contributed by atoms with van der Waals surface area (Å²) < 4.78 is 4.25. The van der Waals surface area contributed by atoms with E-state index < -0.39 is 0 Å². The molecule has 0 aromatic heterocycles. The number of benzene rings is 1. The summed E-state index contributed by atoms with van der Waals surface area (Å²) in [7, 11) is 12.4. The first-order chi connectivity index (χ1) is 27.8. The number of nitrogens with zero attached hydrogens (tertiary/aromatic N) is 6. The van der Waals surface area contributed by atoms with Crippen molar-refractivity contribution in [2.45, 2.75) is 122 Å². The first-order valence-electron chi connectivity index (χ1n) is 21.2. The van der Waals surface area contributed by atoms with Crippen LogP contribution in [0.4, 0.5) is 0 Å². The lowest BCUT2D eigenvalue weighted by atomic mass is 9.83. The van der Waals surface area contributed by atoms with E-state index in [-0.39, 0.29) is 42.4 Å². The number of hydroxylamine groups is 2. The van der Waals surface area contributed by atoms with Crippen molar-refractivity contribution >= 4 is 17.6 Å². The van der Waals surface area contributed by atoms with Gasteiger partial charge in [-0.05, 0) is 100 Å². The van der Waals surface area contributed by atoms with Crippen LogP contribution in [-0.4, -0.2) is 125 Å². The zero-order valence-electron chi connectivity index (χ0n) is 37.6. The van der Waals surface area contributed by atoms with Crippen LogP contribution >= 0.6 is 0 Å². The van der Waals surface area contributed by atoms with Gasteiger partial charge in [-0.15, -0.1) is 0 Å². The number of likely N-dealkylation sites (tertiary alicyclic amines) is 1. The lowest BCUT2D eigenvalue weighted by Crippen LogP contribution is -2.46. The Bertz CT molecular complexity index is 1600. The molecule has 1 heterocycles. The fourth-order valence-corrected chi connectivity index (χ4v) is 7.78. The number of amidine groups is 1. The van der Waals surface area contributed by atoms with Crippen molar-refractivity contribution in [1.29, 1.82) is 5.26 Å². The lowest BCUT2D eigenvalue weighted by Gasteiger charge is -2.38. The number of ether oxygens (including phenoxy) is 1. The van der Waals surface area contributed by atoms with E-state index >= 15 is 0 Å². The smallest absolute Gasteiger partial charge is 0.253 e. The minimum Gasteiger partial charge on any atom is -0.388 e. The standard InChI is InChI=1S/C45H69N7O3.C2H6O/c1-11-38(48-32-43(53)51-28-18-25-40(51)31-46)30-42(44(47-6)52(55-10)39-23-14-13-15-24-39)41-27-26-37(45(54)49(7)8)29-36(41)22-17-20-33(3)19-16-21-34(4)35(5)50(9)12-2;1-3-2/h16,19-20,26-27,29,38-40,42,48H,4-5,11-15,17-18,21-25,28,30,32H2,1-3,6-10H3;1-2H3/b19-16?,33-20+,47-44?;. The second-order valence-corrected chi connectivity index (χ2v) is 15.7. The zero-order chi connectivity index (χ0) is 43.2. The topological polar surface area (TPSA) is 114 Å². The van der Waals surface area contributed by atoms with Crippen molar-refractivity contribution in [3.05, 3.63) is 83.1 Å². The number of likely N-dealkylation sites (N-methyl/N-ethyl adjacent to an activating group) is 1. The van der Waals surface area contributed by atoms with Crippen molar-refractivity contribution in [2.24, 2.45) is 4.99 Å². The summed E-state index contributed by atoms with van der Waals surface area (Å²) in [5.74, 6) is 0.629. The molecule has 3 atom stereocenters. The molecule has 1 aliphatic heterocycles. The zero-order valence-corrected chi connectivity index (χ0v) is 37.6. The number of carbonyl (C=O) groups excluding carboxylic acids is 2. The van der Waals surface area contributed by atoms with Crippen LogP contribution in [0.1, 0.15) is 119 Å². The summed E-state index contributed by atoms with van der Waals surface area (Å²) in [4.78, 5) is 43.2. The van der Waals surface area contributed by atoms with Crippen LogP contribution < -0.4 is 5.32 Å². The number of nitriles is 1. The van der Waals surface area contributed by atoms with Crippen molar-refractivity contribution in [3.8, 4) is 6.07 Å². The maximum Gasteiger partial charge on any atom is 0.253 e. The number of aryl methyl sites for hydroxylation is 1. The first kappa shape index (κ1) is 49.9. The number of amides is 2. The molecule has 322 valence electrons. The summed E-state index contributed by atoms with van der Waals surface area (Å²) in [6.07, 6.45) is 17.5. The average Bonchev–Trinajstić information content (AvgIpc) is 3.72. The third-order valence-corrected chi connectivity index (χ3v) is 11.3. The van der Waals surface area contributed by atoms with E-state index in [1.807, 2.05) is 25.2 Å². The Hall–Kier alpha value is -4.24. The summed E-state index contributed by atoms with van der Waals surface area (Å²) in [6, 6.07) is 8.26. The Balaban J connectivity index is 0.00000374. The molecule has 1 aliphatic carbocycles. The summed E-state index contributed by atoms with van der Waals surface area (Å²) in [5, 5.41) is 15.2. The molecule has 0 radical (unpaired) electrons. The number of methoxy groups -OCH3 is 1. The third kappa shape index (κ3) is 15.2. The molecule has 1 saturated heterocycles. The van der Waals surface area contributed by atoms with Gasteiger partial charge >= 0.3 is 0 Å². The van der Waals surface area contributed by atoms with Crippen LogP contribution in [0, 0.1) is 11.3 Å². The maximum absolute atomic E-state index is 13.3.